The maximum Gasteiger partial charge on any atom is 0.433 e. The number of furan rings is 1. The third-order valence-corrected chi connectivity index (χ3v) is 4.64. The molecule has 0 fully saturated rings. The van der Waals surface area contributed by atoms with Crippen molar-refractivity contribution in [2.75, 3.05) is 7.11 Å². The highest BCUT2D eigenvalue weighted by atomic mass is 32.1. The van der Waals surface area contributed by atoms with Crippen LogP contribution in [0.3, 0.4) is 0 Å². The average Bonchev–Trinajstić information content (AvgIpc) is 3.27. The maximum absolute atomic E-state index is 12.3. The Morgan fingerprint density at radius 2 is 2.19 bits per heavy atom. The van der Waals surface area contributed by atoms with Crippen molar-refractivity contribution in [3.63, 3.8) is 0 Å². The number of benzene rings is 1. The van der Waals surface area contributed by atoms with Crippen molar-refractivity contribution < 1.29 is 23.7 Å². The maximum atomic E-state index is 12.3. The molecule has 10 heteroatoms. The molecule has 0 radical (unpaired) electrons. The fourth-order valence-corrected chi connectivity index (χ4v) is 3.47. The number of thiazole rings is 1. The summed E-state index contributed by atoms with van der Waals surface area (Å²) in [6.45, 7) is 4.07. The SMILES string of the molecule is C=CCn1c(=NC(=O)c2ccc([N+](=O)[O-])o2)sc2cc(C(=O)OC)ccc21. The van der Waals surface area contributed by atoms with Gasteiger partial charge in [0, 0.05) is 6.54 Å². The zero-order valence-electron chi connectivity index (χ0n) is 14.1. The van der Waals surface area contributed by atoms with Gasteiger partial charge in [0.1, 0.15) is 4.92 Å². The number of hydrogen-bond acceptors (Lipinski definition) is 7. The van der Waals surface area contributed by atoms with E-state index in [2.05, 4.69) is 11.6 Å². The van der Waals surface area contributed by atoms with E-state index in [0.29, 0.717) is 16.9 Å². The molecule has 0 aliphatic rings. The van der Waals surface area contributed by atoms with Gasteiger partial charge in [0.2, 0.25) is 5.76 Å². The van der Waals surface area contributed by atoms with Gasteiger partial charge >= 0.3 is 17.8 Å². The van der Waals surface area contributed by atoms with E-state index in [-0.39, 0.29) is 5.76 Å². The van der Waals surface area contributed by atoms with Gasteiger partial charge in [-0.1, -0.05) is 17.4 Å². The summed E-state index contributed by atoms with van der Waals surface area (Å²) < 4.78 is 12.1. The number of fused-ring (bicyclic) bond motifs is 1. The lowest BCUT2D eigenvalue weighted by molar-refractivity contribution is -0.402. The third kappa shape index (κ3) is 3.55. The van der Waals surface area contributed by atoms with E-state index in [4.69, 9.17) is 9.15 Å². The molecule has 0 aliphatic heterocycles. The number of carbonyl (C=O) groups is 2. The summed E-state index contributed by atoms with van der Waals surface area (Å²) in [6.07, 6.45) is 1.64. The largest absolute Gasteiger partial charge is 0.465 e. The van der Waals surface area contributed by atoms with Crippen LogP contribution in [0.4, 0.5) is 5.88 Å². The molecule has 0 atom stereocenters. The first kappa shape index (κ1) is 18.3. The highest BCUT2D eigenvalue weighted by Crippen LogP contribution is 2.21. The van der Waals surface area contributed by atoms with Crippen LogP contribution >= 0.6 is 11.3 Å². The lowest BCUT2D eigenvalue weighted by Gasteiger charge is -2.02. The summed E-state index contributed by atoms with van der Waals surface area (Å²) in [6, 6.07) is 7.27. The highest BCUT2D eigenvalue weighted by Gasteiger charge is 2.18. The molecule has 3 rings (SSSR count). The van der Waals surface area contributed by atoms with Crippen molar-refractivity contribution in [2.45, 2.75) is 6.54 Å². The number of carbonyl (C=O) groups excluding carboxylic acids is 2. The predicted molar refractivity (Wildman–Crippen MR) is 96.6 cm³/mol. The molecule has 3 aromatic rings. The second-order valence-corrected chi connectivity index (χ2v) is 6.28. The van der Waals surface area contributed by atoms with Gasteiger partial charge in [-0.3, -0.25) is 14.9 Å². The van der Waals surface area contributed by atoms with Crippen molar-refractivity contribution in [1.82, 2.24) is 4.57 Å². The minimum absolute atomic E-state index is 0.237. The fraction of sp³-hybridized carbons (Fsp3) is 0.118. The number of allylic oxidation sites excluding steroid dienone is 1. The summed E-state index contributed by atoms with van der Waals surface area (Å²) in [7, 11) is 1.29. The molecule has 138 valence electrons. The first-order chi connectivity index (χ1) is 12.9. The Morgan fingerprint density at radius 1 is 1.41 bits per heavy atom. The van der Waals surface area contributed by atoms with E-state index in [0.717, 1.165) is 16.3 Å². The first-order valence-electron chi connectivity index (χ1n) is 7.60. The average molecular weight is 387 g/mol. The van der Waals surface area contributed by atoms with E-state index in [1.54, 1.807) is 28.8 Å². The number of amides is 1. The Labute approximate surface area is 156 Å². The number of nitrogens with zero attached hydrogens (tertiary/aromatic N) is 3. The lowest BCUT2D eigenvalue weighted by Crippen LogP contribution is -2.16. The van der Waals surface area contributed by atoms with Gasteiger partial charge in [0.15, 0.2) is 4.80 Å². The standard InChI is InChI=1S/C17H13N3O6S/c1-3-8-19-11-5-4-10(16(22)25-2)9-13(11)27-17(19)18-15(21)12-6-7-14(26-12)20(23)24/h3-7,9H,1,8H2,2H3. The Balaban J connectivity index is 2.10. The smallest absolute Gasteiger partial charge is 0.433 e. The van der Waals surface area contributed by atoms with E-state index >= 15 is 0 Å². The molecule has 0 saturated carbocycles. The summed E-state index contributed by atoms with van der Waals surface area (Å²) in [5.41, 5.74) is 1.13. The Hall–Kier alpha value is -3.53. The van der Waals surface area contributed by atoms with Crippen LogP contribution in [0, 0.1) is 10.1 Å². The van der Waals surface area contributed by atoms with E-state index in [1.807, 2.05) is 0 Å². The van der Waals surface area contributed by atoms with Gasteiger partial charge in [-0.15, -0.1) is 6.58 Å². The molecule has 0 aliphatic carbocycles. The first-order valence-corrected chi connectivity index (χ1v) is 8.42. The number of nitro groups is 1. The topological polar surface area (TPSA) is 117 Å². The molecular weight excluding hydrogens is 374 g/mol. The van der Waals surface area contributed by atoms with Crippen LogP contribution in [-0.2, 0) is 11.3 Å². The summed E-state index contributed by atoms with van der Waals surface area (Å²) >= 11 is 1.19. The molecule has 0 bridgehead atoms. The summed E-state index contributed by atoms with van der Waals surface area (Å²) in [5.74, 6) is -2.00. The van der Waals surface area contributed by atoms with Crippen LogP contribution in [0.15, 0.2) is 52.4 Å². The number of ether oxygens (including phenoxy) is 1. The van der Waals surface area contributed by atoms with Gasteiger partial charge in [-0.25, -0.2) is 4.79 Å². The van der Waals surface area contributed by atoms with Crippen LogP contribution in [-0.4, -0.2) is 28.5 Å². The van der Waals surface area contributed by atoms with E-state index in [9.17, 15) is 19.7 Å². The van der Waals surface area contributed by atoms with Crippen LogP contribution in [0.2, 0.25) is 0 Å². The molecule has 0 saturated heterocycles. The van der Waals surface area contributed by atoms with Gasteiger partial charge in [0.25, 0.3) is 0 Å². The molecule has 1 amide bonds. The molecule has 0 spiro atoms. The molecule has 9 nitrogen and oxygen atoms in total. The normalized spacial score (nSPS) is 11.5. The number of methoxy groups -OCH3 is 1. The molecule has 27 heavy (non-hydrogen) atoms. The minimum atomic E-state index is -0.749. The monoisotopic (exact) mass is 387 g/mol. The fourth-order valence-electron chi connectivity index (χ4n) is 2.39. The van der Waals surface area contributed by atoms with Crippen molar-refractivity contribution in [1.29, 1.82) is 0 Å². The van der Waals surface area contributed by atoms with Gasteiger partial charge in [0.05, 0.1) is 29.0 Å². The van der Waals surface area contributed by atoms with Crippen molar-refractivity contribution >= 4 is 39.3 Å². The quantitative estimate of drug-likeness (QED) is 0.288. The van der Waals surface area contributed by atoms with E-state index < -0.39 is 22.7 Å². The van der Waals surface area contributed by atoms with Crippen molar-refractivity contribution in [3.05, 3.63) is 69.2 Å². The van der Waals surface area contributed by atoms with Crippen LogP contribution < -0.4 is 4.80 Å². The van der Waals surface area contributed by atoms with Crippen molar-refractivity contribution in [3.8, 4) is 0 Å². The number of rotatable bonds is 5. The molecular formula is C17H13N3O6S. The third-order valence-electron chi connectivity index (χ3n) is 3.60. The molecule has 2 heterocycles. The zero-order valence-corrected chi connectivity index (χ0v) is 14.9. The van der Waals surface area contributed by atoms with Crippen molar-refractivity contribution in [2.24, 2.45) is 4.99 Å². The lowest BCUT2D eigenvalue weighted by atomic mass is 10.2. The second kappa shape index (κ2) is 7.38. The number of hydrogen-bond donors (Lipinski definition) is 0. The number of aromatic nitrogens is 1. The van der Waals surface area contributed by atoms with Crippen LogP contribution in [0.5, 0.6) is 0 Å². The number of esters is 1. The summed E-state index contributed by atoms with van der Waals surface area (Å²) in [5, 5.41) is 10.7. The minimum Gasteiger partial charge on any atom is -0.465 e. The van der Waals surface area contributed by atoms with Gasteiger partial charge in [-0.05, 0) is 24.3 Å². The Kier molecular flexibility index (Phi) is 4.99. The Morgan fingerprint density at radius 3 is 2.81 bits per heavy atom. The summed E-state index contributed by atoms with van der Waals surface area (Å²) in [4.78, 5) is 38.3. The highest BCUT2D eigenvalue weighted by molar-refractivity contribution is 7.16. The Bertz CT molecular complexity index is 1140. The van der Waals surface area contributed by atoms with Gasteiger partial charge < -0.3 is 13.7 Å². The van der Waals surface area contributed by atoms with Crippen LogP contribution in [0.1, 0.15) is 20.9 Å². The molecule has 0 unspecified atom stereocenters. The van der Waals surface area contributed by atoms with Gasteiger partial charge in [-0.2, -0.15) is 4.99 Å². The molecule has 1 aromatic carbocycles. The predicted octanol–water partition coefficient (Wildman–Crippen LogP) is 2.92. The zero-order chi connectivity index (χ0) is 19.6. The molecule has 0 N–H and O–H groups in total. The van der Waals surface area contributed by atoms with E-state index in [1.165, 1.54) is 24.5 Å². The second-order valence-electron chi connectivity index (χ2n) is 5.27. The van der Waals surface area contributed by atoms with Crippen LogP contribution in [0.25, 0.3) is 10.2 Å². The molecule has 2 aromatic heterocycles.